The van der Waals surface area contributed by atoms with Gasteiger partial charge in [-0.1, -0.05) is 23.8 Å². The fourth-order valence-electron chi connectivity index (χ4n) is 2.46. The lowest BCUT2D eigenvalue weighted by atomic mass is 9.97. The zero-order valence-electron chi connectivity index (χ0n) is 14.0. The highest BCUT2D eigenvalue weighted by Gasteiger charge is 2.22. The first-order chi connectivity index (χ1) is 10.4. The Bertz CT molecular complexity index is 750. The van der Waals surface area contributed by atoms with E-state index in [9.17, 15) is 4.79 Å². The van der Waals surface area contributed by atoms with Crippen molar-refractivity contribution in [2.45, 2.75) is 27.7 Å². The minimum Gasteiger partial charge on any atom is -0.481 e. The first-order valence-electron chi connectivity index (χ1n) is 7.23. The van der Waals surface area contributed by atoms with Gasteiger partial charge in [0.05, 0.1) is 12.8 Å². The molecule has 0 saturated carbocycles. The molecule has 0 bridgehead atoms. The van der Waals surface area contributed by atoms with Crippen LogP contribution < -0.4 is 4.74 Å². The van der Waals surface area contributed by atoms with Gasteiger partial charge in [-0.2, -0.15) is 5.10 Å². The van der Waals surface area contributed by atoms with E-state index >= 15 is 0 Å². The number of aromatic nitrogens is 2. The Balaban J connectivity index is 2.52. The van der Waals surface area contributed by atoms with Crippen molar-refractivity contribution in [2.24, 2.45) is 7.05 Å². The van der Waals surface area contributed by atoms with Gasteiger partial charge in [0.15, 0.2) is 5.78 Å². The molecule has 0 atom stereocenters. The Labute approximate surface area is 131 Å². The minimum absolute atomic E-state index is 0.0640. The van der Waals surface area contributed by atoms with Crippen LogP contribution in [0.15, 0.2) is 29.8 Å². The summed E-state index contributed by atoms with van der Waals surface area (Å²) in [5.74, 6) is 0.428. The molecule has 0 radical (unpaired) electrons. The Morgan fingerprint density at radius 3 is 2.41 bits per heavy atom. The maximum Gasteiger partial charge on any atom is 0.223 e. The smallest absolute Gasteiger partial charge is 0.223 e. The van der Waals surface area contributed by atoms with Crippen LogP contribution in [-0.4, -0.2) is 22.7 Å². The van der Waals surface area contributed by atoms with Crippen molar-refractivity contribution in [1.82, 2.24) is 9.78 Å². The molecule has 22 heavy (non-hydrogen) atoms. The zero-order valence-corrected chi connectivity index (χ0v) is 14.0. The predicted molar refractivity (Wildman–Crippen MR) is 88.3 cm³/mol. The molecule has 0 saturated heterocycles. The van der Waals surface area contributed by atoms with Gasteiger partial charge in [-0.15, -0.1) is 0 Å². The van der Waals surface area contributed by atoms with Crippen LogP contribution in [0, 0.1) is 6.92 Å². The maximum atomic E-state index is 12.9. The maximum absolute atomic E-state index is 12.9. The summed E-state index contributed by atoms with van der Waals surface area (Å²) in [6.45, 7) is 8.02. The Morgan fingerprint density at radius 1 is 1.18 bits per heavy atom. The van der Waals surface area contributed by atoms with Crippen molar-refractivity contribution in [2.75, 3.05) is 7.11 Å². The molecule has 2 aromatic rings. The second-order valence-electron chi connectivity index (χ2n) is 5.63. The van der Waals surface area contributed by atoms with E-state index in [2.05, 4.69) is 25.9 Å². The third-order valence-electron chi connectivity index (χ3n) is 3.90. The third-order valence-corrected chi connectivity index (χ3v) is 3.90. The summed E-state index contributed by atoms with van der Waals surface area (Å²) < 4.78 is 6.92. The molecule has 4 nitrogen and oxygen atoms in total. The van der Waals surface area contributed by atoms with Gasteiger partial charge in [-0.05, 0) is 44.9 Å². The van der Waals surface area contributed by atoms with Gasteiger partial charge in [0, 0.05) is 12.6 Å². The summed E-state index contributed by atoms with van der Waals surface area (Å²) in [6, 6.07) is 7.69. The van der Waals surface area contributed by atoms with Crippen molar-refractivity contribution >= 4 is 11.4 Å². The van der Waals surface area contributed by atoms with Crippen molar-refractivity contribution in [3.05, 3.63) is 52.2 Å². The monoisotopic (exact) mass is 298 g/mol. The molecule has 0 fully saturated rings. The lowest BCUT2D eigenvalue weighted by molar-refractivity contribution is 0.103. The Hall–Kier alpha value is -2.36. The summed E-state index contributed by atoms with van der Waals surface area (Å²) in [7, 11) is 3.32. The summed E-state index contributed by atoms with van der Waals surface area (Å²) >= 11 is 0. The summed E-state index contributed by atoms with van der Waals surface area (Å²) in [5.41, 5.74) is 5.33. The summed E-state index contributed by atoms with van der Waals surface area (Å²) in [4.78, 5) is 12.9. The van der Waals surface area contributed by atoms with Crippen molar-refractivity contribution in [3.63, 3.8) is 0 Å². The number of aryl methyl sites for hydroxylation is 2. The molecule has 2 rings (SSSR count). The van der Waals surface area contributed by atoms with Gasteiger partial charge in [-0.3, -0.25) is 4.79 Å². The topological polar surface area (TPSA) is 44.1 Å². The van der Waals surface area contributed by atoms with Gasteiger partial charge in [0.25, 0.3) is 0 Å². The third kappa shape index (κ3) is 2.82. The quantitative estimate of drug-likeness (QED) is 0.807. The van der Waals surface area contributed by atoms with E-state index in [1.165, 1.54) is 11.1 Å². The number of rotatable bonds is 4. The number of benzene rings is 1. The van der Waals surface area contributed by atoms with Crippen molar-refractivity contribution < 1.29 is 9.53 Å². The molecule has 0 aliphatic carbocycles. The fourth-order valence-corrected chi connectivity index (χ4v) is 2.46. The number of carbonyl (C=O) groups excluding carboxylic acids is 1. The van der Waals surface area contributed by atoms with Crippen LogP contribution >= 0.6 is 0 Å². The number of nitrogens with zero attached hydrogens (tertiary/aromatic N) is 2. The summed E-state index contributed by atoms with van der Waals surface area (Å²) in [6.07, 6.45) is 0. The Morgan fingerprint density at radius 2 is 1.82 bits per heavy atom. The second kappa shape index (κ2) is 6.18. The van der Waals surface area contributed by atoms with Crippen LogP contribution in [0.25, 0.3) is 5.57 Å². The number of allylic oxidation sites excluding steroid dienone is 2. The normalized spacial score (nSPS) is 10.5. The average molecular weight is 298 g/mol. The van der Waals surface area contributed by atoms with Crippen LogP contribution in [0.4, 0.5) is 0 Å². The van der Waals surface area contributed by atoms with Gasteiger partial charge < -0.3 is 4.74 Å². The molecule has 0 N–H and O–H groups in total. The Kier molecular flexibility index (Phi) is 4.50. The summed E-state index contributed by atoms with van der Waals surface area (Å²) in [5, 5.41) is 4.28. The van der Waals surface area contributed by atoms with E-state index in [1.807, 2.05) is 31.2 Å². The van der Waals surface area contributed by atoms with Crippen LogP contribution in [0.3, 0.4) is 0 Å². The predicted octanol–water partition coefficient (Wildman–Crippen LogP) is 3.78. The van der Waals surface area contributed by atoms with Crippen LogP contribution in [0.2, 0.25) is 0 Å². The largest absolute Gasteiger partial charge is 0.481 e. The van der Waals surface area contributed by atoms with Gasteiger partial charge >= 0.3 is 0 Å². The van der Waals surface area contributed by atoms with Crippen molar-refractivity contribution in [3.8, 4) is 5.88 Å². The van der Waals surface area contributed by atoms with E-state index in [0.717, 1.165) is 5.56 Å². The second-order valence-corrected chi connectivity index (χ2v) is 5.63. The SMILES string of the molecule is COc1c(C(=O)c2cccc(C(C)=C(C)C)c2)c(C)nn1C. The molecule has 0 aliphatic rings. The number of methoxy groups -OCH3 is 1. The van der Waals surface area contributed by atoms with Crippen LogP contribution in [0.5, 0.6) is 5.88 Å². The van der Waals surface area contributed by atoms with Gasteiger partial charge in [-0.25, -0.2) is 4.68 Å². The molecule has 1 aromatic heterocycles. The van der Waals surface area contributed by atoms with E-state index in [0.29, 0.717) is 22.7 Å². The van der Waals surface area contributed by atoms with Gasteiger partial charge in [0.2, 0.25) is 5.88 Å². The van der Waals surface area contributed by atoms with E-state index in [4.69, 9.17) is 4.74 Å². The standard InChI is InChI=1S/C18H22N2O2/c1-11(2)12(3)14-8-7-9-15(10-14)17(21)16-13(4)19-20(5)18(16)22-6/h7-10H,1-6H3. The minimum atomic E-state index is -0.0640. The lowest BCUT2D eigenvalue weighted by Crippen LogP contribution is -2.05. The molecular weight excluding hydrogens is 276 g/mol. The first-order valence-corrected chi connectivity index (χ1v) is 7.23. The number of ether oxygens (including phenoxy) is 1. The molecule has 4 heteroatoms. The molecule has 0 amide bonds. The molecule has 1 heterocycles. The van der Waals surface area contributed by atoms with Crippen LogP contribution in [0.1, 0.15) is 48.0 Å². The van der Waals surface area contributed by atoms with E-state index < -0.39 is 0 Å². The highest BCUT2D eigenvalue weighted by molar-refractivity contribution is 6.11. The van der Waals surface area contributed by atoms with E-state index in [-0.39, 0.29) is 5.78 Å². The van der Waals surface area contributed by atoms with E-state index in [1.54, 1.807) is 18.8 Å². The fraction of sp³-hybridized carbons (Fsp3) is 0.333. The molecule has 0 spiro atoms. The number of carbonyl (C=O) groups is 1. The molecule has 0 unspecified atom stereocenters. The molecule has 1 aromatic carbocycles. The number of ketones is 1. The van der Waals surface area contributed by atoms with Crippen molar-refractivity contribution in [1.29, 1.82) is 0 Å². The zero-order chi connectivity index (χ0) is 16.4. The highest BCUT2D eigenvalue weighted by Crippen LogP contribution is 2.26. The number of hydrogen-bond donors (Lipinski definition) is 0. The average Bonchev–Trinajstić information content (AvgIpc) is 2.79. The van der Waals surface area contributed by atoms with Crippen LogP contribution in [-0.2, 0) is 7.05 Å². The highest BCUT2D eigenvalue weighted by atomic mass is 16.5. The van der Waals surface area contributed by atoms with Gasteiger partial charge in [0.1, 0.15) is 5.56 Å². The molecular formula is C18H22N2O2. The molecule has 0 aliphatic heterocycles. The number of hydrogen-bond acceptors (Lipinski definition) is 3. The molecule has 116 valence electrons. The first kappa shape index (κ1) is 16.0. The lowest BCUT2D eigenvalue weighted by Gasteiger charge is -2.08.